The van der Waals surface area contributed by atoms with Gasteiger partial charge in [-0.1, -0.05) is 31.9 Å². The Morgan fingerprint density at radius 3 is 2.35 bits per heavy atom. The van der Waals surface area contributed by atoms with E-state index in [1.54, 1.807) is 41.1 Å². The van der Waals surface area contributed by atoms with Crippen LogP contribution in [0.4, 0.5) is 10.2 Å². The molecule has 2 aromatic heterocycles. The molecule has 1 aliphatic rings. The van der Waals surface area contributed by atoms with Crippen molar-refractivity contribution in [1.29, 1.82) is 0 Å². The molecule has 0 saturated carbocycles. The fourth-order valence-corrected chi connectivity index (χ4v) is 4.97. The third-order valence-corrected chi connectivity index (χ3v) is 7.14. The topological polar surface area (TPSA) is 67.2 Å². The summed E-state index contributed by atoms with van der Waals surface area (Å²) >= 11 is 5.98. The van der Waals surface area contributed by atoms with Gasteiger partial charge in [-0.05, 0) is 61.9 Å². The maximum absolute atomic E-state index is 13.6. The molecule has 192 valence electrons. The SMILES string of the molecule is CCCC(C)c1nc(N2CCN(C(=O)c3ccc(Cl)cc3)CC2)c2c(C)nn(-c3ccc(F)cc3)c2n1. The summed E-state index contributed by atoms with van der Waals surface area (Å²) in [6.07, 6.45) is 2.00. The summed E-state index contributed by atoms with van der Waals surface area (Å²) in [7, 11) is 0. The number of halogens is 2. The number of rotatable bonds is 6. The number of aromatic nitrogens is 4. The number of aryl methyl sites for hydroxylation is 1. The lowest BCUT2D eigenvalue weighted by atomic mass is 10.1. The Morgan fingerprint density at radius 2 is 1.70 bits per heavy atom. The summed E-state index contributed by atoms with van der Waals surface area (Å²) in [5, 5.41) is 6.26. The zero-order valence-electron chi connectivity index (χ0n) is 21.3. The van der Waals surface area contributed by atoms with E-state index in [1.807, 2.05) is 11.8 Å². The number of nitrogens with zero attached hydrogens (tertiary/aromatic N) is 6. The van der Waals surface area contributed by atoms with E-state index in [2.05, 4.69) is 18.7 Å². The van der Waals surface area contributed by atoms with Crippen LogP contribution in [0.5, 0.6) is 0 Å². The largest absolute Gasteiger partial charge is 0.352 e. The van der Waals surface area contributed by atoms with E-state index in [0.717, 1.165) is 41.3 Å². The van der Waals surface area contributed by atoms with Gasteiger partial charge < -0.3 is 9.80 Å². The van der Waals surface area contributed by atoms with Crippen LogP contribution in [0.15, 0.2) is 48.5 Å². The smallest absolute Gasteiger partial charge is 0.253 e. The van der Waals surface area contributed by atoms with Crippen molar-refractivity contribution >= 4 is 34.4 Å². The number of hydrogen-bond donors (Lipinski definition) is 0. The zero-order chi connectivity index (χ0) is 26.1. The zero-order valence-corrected chi connectivity index (χ0v) is 22.0. The number of piperazine rings is 1. The number of fused-ring (bicyclic) bond motifs is 1. The quantitative estimate of drug-likeness (QED) is 0.322. The van der Waals surface area contributed by atoms with Gasteiger partial charge in [-0.2, -0.15) is 5.10 Å². The molecule has 3 heterocycles. The molecule has 1 amide bonds. The van der Waals surface area contributed by atoms with Crippen molar-refractivity contribution in [2.45, 2.75) is 39.5 Å². The molecule has 0 N–H and O–H groups in total. The minimum atomic E-state index is -0.296. The van der Waals surface area contributed by atoms with Gasteiger partial charge >= 0.3 is 0 Å². The molecule has 0 aliphatic carbocycles. The molecule has 2 aromatic carbocycles. The first-order valence-electron chi connectivity index (χ1n) is 12.7. The Labute approximate surface area is 220 Å². The average Bonchev–Trinajstić information content (AvgIpc) is 3.25. The molecule has 1 atom stereocenters. The first-order chi connectivity index (χ1) is 17.9. The van der Waals surface area contributed by atoms with E-state index in [9.17, 15) is 9.18 Å². The predicted octanol–water partition coefficient (Wildman–Crippen LogP) is 5.78. The number of benzene rings is 2. The van der Waals surface area contributed by atoms with Gasteiger partial charge in [-0.15, -0.1) is 0 Å². The summed E-state index contributed by atoms with van der Waals surface area (Å²) in [5.74, 6) is 1.50. The predicted molar refractivity (Wildman–Crippen MR) is 144 cm³/mol. The second-order valence-corrected chi connectivity index (χ2v) is 9.99. The van der Waals surface area contributed by atoms with Gasteiger partial charge in [0.05, 0.1) is 16.8 Å². The Balaban J connectivity index is 1.49. The monoisotopic (exact) mass is 520 g/mol. The molecule has 1 saturated heterocycles. The summed E-state index contributed by atoms with van der Waals surface area (Å²) in [6, 6.07) is 13.3. The molecule has 9 heteroatoms. The van der Waals surface area contributed by atoms with Gasteiger partial charge in [-0.3, -0.25) is 4.79 Å². The van der Waals surface area contributed by atoms with E-state index in [1.165, 1.54) is 12.1 Å². The molecular formula is C28H30ClFN6O. The molecule has 0 spiro atoms. The fourth-order valence-electron chi connectivity index (χ4n) is 4.85. The van der Waals surface area contributed by atoms with Crippen LogP contribution in [0.2, 0.25) is 5.02 Å². The third kappa shape index (κ3) is 5.03. The van der Waals surface area contributed by atoms with Crippen molar-refractivity contribution in [2.24, 2.45) is 0 Å². The third-order valence-electron chi connectivity index (χ3n) is 6.89. The van der Waals surface area contributed by atoms with Crippen LogP contribution in [0.25, 0.3) is 16.7 Å². The van der Waals surface area contributed by atoms with Crippen LogP contribution in [0.1, 0.15) is 54.5 Å². The van der Waals surface area contributed by atoms with Crippen LogP contribution in [0, 0.1) is 12.7 Å². The van der Waals surface area contributed by atoms with Crippen LogP contribution < -0.4 is 4.90 Å². The highest BCUT2D eigenvalue weighted by Gasteiger charge is 2.27. The van der Waals surface area contributed by atoms with E-state index >= 15 is 0 Å². The van der Waals surface area contributed by atoms with Gasteiger partial charge in [0.2, 0.25) is 0 Å². The molecular weight excluding hydrogens is 491 g/mol. The number of carbonyl (C=O) groups excluding carboxylic acids is 1. The highest BCUT2D eigenvalue weighted by Crippen LogP contribution is 2.32. The molecule has 1 fully saturated rings. The summed E-state index contributed by atoms with van der Waals surface area (Å²) in [5.41, 5.74) is 2.90. The maximum atomic E-state index is 13.6. The molecule has 37 heavy (non-hydrogen) atoms. The summed E-state index contributed by atoms with van der Waals surface area (Å²) in [6.45, 7) is 8.70. The molecule has 1 unspecified atom stereocenters. The van der Waals surface area contributed by atoms with Gasteiger partial charge in [0, 0.05) is 42.7 Å². The Morgan fingerprint density at radius 1 is 1.03 bits per heavy atom. The second-order valence-electron chi connectivity index (χ2n) is 9.55. The van der Waals surface area contributed by atoms with Crippen molar-refractivity contribution in [2.75, 3.05) is 31.1 Å². The lowest BCUT2D eigenvalue weighted by Crippen LogP contribution is -2.49. The first kappa shape index (κ1) is 25.1. The Hall–Kier alpha value is -3.52. The van der Waals surface area contributed by atoms with Crippen molar-refractivity contribution in [3.05, 3.63) is 76.5 Å². The van der Waals surface area contributed by atoms with Crippen molar-refractivity contribution in [3.63, 3.8) is 0 Å². The lowest BCUT2D eigenvalue weighted by molar-refractivity contribution is 0.0746. The summed E-state index contributed by atoms with van der Waals surface area (Å²) < 4.78 is 15.4. The number of carbonyl (C=O) groups is 1. The molecule has 1 aliphatic heterocycles. The fraction of sp³-hybridized carbons (Fsp3) is 0.357. The normalized spacial score (nSPS) is 14.8. The second kappa shape index (κ2) is 10.5. The highest BCUT2D eigenvalue weighted by atomic mass is 35.5. The van der Waals surface area contributed by atoms with E-state index < -0.39 is 0 Å². The van der Waals surface area contributed by atoms with Crippen LogP contribution in [-0.4, -0.2) is 56.7 Å². The minimum absolute atomic E-state index is 0.00159. The summed E-state index contributed by atoms with van der Waals surface area (Å²) in [4.78, 5) is 27.1. The van der Waals surface area contributed by atoms with Gasteiger partial charge in [0.15, 0.2) is 5.65 Å². The Bertz CT molecular complexity index is 1410. The average molecular weight is 521 g/mol. The molecule has 4 aromatic rings. The van der Waals surface area contributed by atoms with Crippen LogP contribution in [-0.2, 0) is 0 Å². The van der Waals surface area contributed by atoms with E-state index in [0.29, 0.717) is 42.4 Å². The number of hydrogen-bond acceptors (Lipinski definition) is 5. The van der Waals surface area contributed by atoms with E-state index in [4.69, 9.17) is 26.7 Å². The Kier molecular flexibility index (Phi) is 7.11. The maximum Gasteiger partial charge on any atom is 0.253 e. The van der Waals surface area contributed by atoms with Crippen molar-refractivity contribution in [1.82, 2.24) is 24.6 Å². The molecule has 0 radical (unpaired) electrons. The molecule has 5 rings (SSSR count). The highest BCUT2D eigenvalue weighted by molar-refractivity contribution is 6.30. The lowest BCUT2D eigenvalue weighted by Gasteiger charge is -2.36. The standard InChI is InChI=1S/C28H30ClFN6O/c1-4-5-18(2)25-31-26(24-19(3)33-36(27(24)32-25)23-12-10-22(30)11-13-23)34-14-16-35(17-15-34)28(37)20-6-8-21(29)9-7-20/h6-13,18H,4-5,14-17H2,1-3H3. The first-order valence-corrected chi connectivity index (χ1v) is 13.1. The molecule has 7 nitrogen and oxygen atoms in total. The van der Waals surface area contributed by atoms with Crippen molar-refractivity contribution < 1.29 is 9.18 Å². The van der Waals surface area contributed by atoms with Gasteiger partial charge in [0.25, 0.3) is 5.91 Å². The number of amides is 1. The minimum Gasteiger partial charge on any atom is -0.352 e. The van der Waals surface area contributed by atoms with Gasteiger partial charge in [0.1, 0.15) is 17.5 Å². The molecule has 0 bridgehead atoms. The van der Waals surface area contributed by atoms with Gasteiger partial charge in [-0.25, -0.2) is 19.0 Å². The van der Waals surface area contributed by atoms with Crippen LogP contribution in [0.3, 0.4) is 0 Å². The van der Waals surface area contributed by atoms with E-state index in [-0.39, 0.29) is 17.6 Å². The number of anilines is 1. The van der Waals surface area contributed by atoms with Crippen LogP contribution >= 0.6 is 11.6 Å². The van der Waals surface area contributed by atoms with Crippen molar-refractivity contribution in [3.8, 4) is 5.69 Å².